The number of rotatable bonds is 4. The lowest BCUT2D eigenvalue weighted by Gasteiger charge is -2.36. The Morgan fingerprint density at radius 1 is 1.23 bits per heavy atom. The third-order valence-electron chi connectivity index (χ3n) is 4.96. The molecule has 6 heteroatoms. The summed E-state index contributed by atoms with van der Waals surface area (Å²) in [7, 11) is 0. The highest BCUT2D eigenvalue weighted by atomic mass is 16.2. The van der Waals surface area contributed by atoms with Crippen LogP contribution in [0.2, 0.25) is 0 Å². The Morgan fingerprint density at radius 2 is 2.00 bits per heavy atom. The minimum absolute atomic E-state index is 0.241. The second-order valence-electron chi connectivity index (χ2n) is 8.10. The number of piperidine rings is 1. The van der Waals surface area contributed by atoms with Gasteiger partial charge in [-0.2, -0.15) is 5.10 Å². The molecule has 1 amide bonds. The average Bonchev–Trinajstić information content (AvgIpc) is 3.09. The first-order chi connectivity index (χ1) is 12.4. The van der Waals surface area contributed by atoms with Gasteiger partial charge in [-0.1, -0.05) is 20.8 Å². The van der Waals surface area contributed by atoms with Crippen molar-refractivity contribution in [2.24, 2.45) is 11.3 Å². The van der Waals surface area contributed by atoms with E-state index in [1.807, 2.05) is 42.6 Å². The first-order valence-electron chi connectivity index (χ1n) is 9.51. The molecule has 140 valence electrons. The van der Waals surface area contributed by atoms with Crippen LogP contribution in [0, 0.1) is 11.3 Å². The van der Waals surface area contributed by atoms with E-state index in [0.29, 0.717) is 5.92 Å². The van der Waals surface area contributed by atoms with Gasteiger partial charge >= 0.3 is 0 Å². The van der Waals surface area contributed by atoms with Crippen LogP contribution >= 0.6 is 0 Å². The molecule has 1 aliphatic heterocycles. The second kappa shape index (κ2) is 7.56. The summed E-state index contributed by atoms with van der Waals surface area (Å²) in [6.07, 6.45) is 8.31. The first kappa shape index (κ1) is 18.5. The maximum Gasteiger partial charge on any atom is 0.227 e. The summed E-state index contributed by atoms with van der Waals surface area (Å²) in [4.78, 5) is 23.9. The minimum atomic E-state index is -0.326. The van der Waals surface area contributed by atoms with Crippen LogP contribution in [0.1, 0.15) is 46.2 Å². The Balaban J connectivity index is 1.78. The van der Waals surface area contributed by atoms with Crippen LogP contribution in [0.4, 0.5) is 0 Å². The van der Waals surface area contributed by atoms with E-state index in [1.54, 1.807) is 12.4 Å². The first-order valence-corrected chi connectivity index (χ1v) is 9.51. The molecule has 0 radical (unpaired) electrons. The molecular weight excluding hydrogens is 326 g/mol. The molecule has 0 saturated carbocycles. The van der Waals surface area contributed by atoms with Crippen LogP contribution in [0.5, 0.6) is 0 Å². The predicted octanol–water partition coefficient (Wildman–Crippen LogP) is 3.19. The van der Waals surface area contributed by atoms with Gasteiger partial charge in [0.25, 0.3) is 0 Å². The Morgan fingerprint density at radius 3 is 2.73 bits per heavy atom. The fourth-order valence-corrected chi connectivity index (χ4v) is 3.68. The molecule has 26 heavy (non-hydrogen) atoms. The standard InChI is InChI=1S/C20H29N5O/c1-5-25-17(8-9-23-25)18-16(21-10-11-22-18)13-15-7-6-12-24(14-15)19(26)20(2,3)4/h8-11,15H,5-7,12-14H2,1-4H3/t15-/m0/s1. The van der Waals surface area contributed by atoms with Crippen molar-refractivity contribution >= 4 is 5.91 Å². The number of nitrogens with zero attached hydrogens (tertiary/aromatic N) is 5. The normalized spacial score (nSPS) is 18.2. The zero-order valence-electron chi connectivity index (χ0n) is 16.3. The molecule has 2 aromatic rings. The molecule has 0 spiro atoms. The van der Waals surface area contributed by atoms with Gasteiger partial charge in [0.05, 0.1) is 11.4 Å². The maximum absolute atomic E-state index is 12.6. The summed E-state index contributed by atoms with van der Waals surface area (Å²) in [5, 5.41) is 4.36. The van der Waals surface area contributed by atoms with Crippen molar-refractivity contribution in [3.05, 3.63) is 30.4 Å². The number of aryl methyl sites for hydroxylation is 1. The van der Waals surface area contributed by atoms with Gasteiger partial charge in [0, 0.05) is 43.6 Å². The number of amides is 1. The molecular formula is C20H29N5O. The minimum Gasteiger partial charge on any atom is -0.342 e. The van der Waals surface area contributed by atoms with Crippen molar-refractivity contribution in [3.8, 4) is 11.4 Å². The zero-order valence-corrected chi connectivity index (χ0v) is 16.3. The fraction of sp³-hybridized carbons (Fsp3) is 0.600. The molecule has 1 aliphatic rings. The molecule has 1 fully saturated rings. The van der Waals surface area contributed by atoms with Crippen molar-refractivity contribution in [2.75, 3.05) is 13.1 Å². The largest absolute Gasteiger partial charge is 0.342 e. The summed E-state index contributed by atoms with van der Waals surface area (Å²) in [6.45, 7) is 10.5. The number of carbonyl (C=O) groups excluding carboxylic acids is 1. The quantitative estimate of drug-likeness (QED) is 0.845. The topological polar surface area (TPSA) is 63.9 Å². The average molecular weight is 355 g/mol. The summed E-state index contributed by atoms with van der Waals surface area (Å²) >= 11 is 0. The summed E-state index contributed by atoms with van der Waals surface area (Å²) in [5.41, 5.74) is 2.59. The van der Waals surface area contributed by atoms with Crippen LogP contribution in [0.25, 0.3) is 11.4 Å². The summed E-state index contributed by atoms with van der Waals surface area (Å²) in [5.74, 6) is 0.661. The summed E-state index contributed by atoms with van der Waals surface area (Å²) in [6, 6.07) is 1.99. The Labute approximate surface area is 155 Å². The third kappa shape index (κ3) is 3.94. The van der Waals surface area contributed by atoms with Gasteiger partial charge in [-0.05, 0) is 38.2 Å². The molecule has 3 heterocycles. The molecule has 6 nitrogen and oxygen atoms in total. The van der Waals surface area contributed by atoms with E-state index < -0.39 is 0 Å². The van der Waals surface area contributed by atoms with E-state index in [-0.39, 0.29) is 11.3 Å². The van der Waals surface area contributed by atoms with Gasteiger partial charge in [-0.3, -0.25) is 19.4 Å². The molecule has 0 aromatic carbocycles. The SMILES string of the molecule is CCn1nccc1-c1nccnc1C[C@@H]1CCCN(C(=O)C(C)(C)C)C1. The van der Waals surface area contributed by atoms with Crippen LogP contribution in [0.15, 0.2) is 24.7 Å². The van der Waals surface area contributed by atoms with E-state index in [9.17, 15) is 4.79 Å². The highest BCUT2D eigenvalue weighted by Gasteiger charge is 2.31. The van der Waals surface area contributed by atoms with Crippen molar-refractivity contribution in [2.45, 2.75) is 53.5 Å². The van der Waals surface area contributed by atoms with Crippen LogP contribution < -0.4 is 0 Å². The highest BCUT2D eigenvalue weighted by molar-refractivity contribution is 5.81. The number of hydrogen-bond acceptors (Lipinski definition) is 4. The summed E-state index contributed by atoms with van der Waals surface area (Å²) < 4.78 is 1.95. The molecule has 0 bridgehead atoms. The maximum atomic E-state index is 12.6. The lowest BCUT2D eigenvalue weighted by atomic mass is 9.89. The Hall–Kier alpha value is -2.24. The third-order valence-corrected chi connectivity index (χ3v) is 4.96. The molecule has 1 saturated heterocycles. The predicted molar refractivity (Wildman–Crippen MR) is 101 cm³/mol. The van der Waals surface area contributed by atoms with Crippen molar-refractivity contribution in [1.82, 2.24) is 24.6 Å². The fourth-order valence-electron chi connectivity index (χ4n) is 3.68. The highest BCUT2D eigenvalue weighted by Crippen LogP contribution is 2.28. The number of carbonyl (C=O) groups is 1. The lowest BCUT2D eigenvalue weighted by molar-refractivity contribution is -0.141. The van der Waals surface area contributed by atoms with Crippen LogP contribution in [0.3, 0.4) is 0 Å². The number of hydrogen-bond donors (Lipinski definition) is 0. The van der Waals surface area contributed by atoms with Crippen molar-refractivity contribution in [1.29, 1.82) is 0 Å². The molecule has 2 aromatic heterocycles. The van der Waals surface area contributed by atoms with E-state index >= 15 is 0 Å². The van der Waals surface area contributed by atoms with Gasteiger partial charge in [0.2, 0.25) is 5.91 Å². The smallest absolute Gasteiger partial charge is 0.227 e. The van der Waals surface area contributed by atoms with Crippen molar-refractivity contribution < 1.29 is 4.79 Å². The van der Waals surface area contributed by atoms with Crippen molar-refractivity contribution in [3.63, 3.8) is 0 Å². The molecule has 0 unspecified atom stereocenters. The lowest BCUT2D eigenvalue weighted by Crippen LogP contribution is -2.45. The van der Waals surface area contributed by atoms with E-state index in [0.717, 1.165) is 56.0 Å². The molecule has 3 rings (SSSR count). The van der Waals surface area contributed by atoms with Crippen LogP contribution in [-0.4, -0.2) is 43.6 Å². The monoisotopic (exact) mass is 355 g/mol. The van der Waals surface area contributed by atoms with Gasteiger partial charge in [0.15, 0.2) is 0 Å². The van der Waals surface area contributed by atoms with E-state index in [1.165, 1.54) is 0 Å². The molecule has 1 atom stereocenters. The van der Waals surface area contributed by atoms with E-state index in [4.69, 9.17) is 0 Å². The van der Waals surface area contributed by atoms with Gasteiger partial charge in [0.1, 0.15) is 5.69 Å². The Bertz CT molecular complexity index is 762. The zero-order chi connectivity index (χ0) is 18.7. The van der Waals surface area contributed by atoms with Gasteiger partial charge in [-0.15, -0.1) is 0 Å². The number of aromatic nitrogens is 4. The van der Waals surface area contributed by atoms with Gasteiger partial charge < -0.3 is 4.90 Å². The Kier molecular flexibility index (Phi) is 5.39. The number of likely N-dealkylation sites (tertiary alicyclic amines) is 1. The van der Waals surface area contributed by atoms with Crippen LogP contribution in [-0.2, 0) is 17.8 Å². The second-order valence-corrected chi connectivity index (χ2v) is 8.10. The molecule has 0 aliphatic carbocycles. The molecule has 0 N–H and O–H groups in total. The van der Waals surface area contributed by atoms with E-state index in [2.05, 4.69) is 22.0 Å². The van der Waals surface area contributed by atoms with Gasteiger partial charge in [-0.25, -0.2) is 0 Å².